The SMILES string of the molecule is C/C=C(\C)C(O)O[C@@H]1CC2C(CC=C3C[C@@H](O)CC[C@@]32C)[C@@]2(O)CC[C@H](C(C)=O)[C@@]12C. The van der Waals surface area contributed by atoms with E-state index in [9.17, 15) is 20.1 Å². The van der Waals surface area contributed by atoms with Crippen molar-refractivity contribution in [1.82, 2.24) is 0 Å². The number of hydrogen-bond acceptors (Lipinski definition) is 5. The number of carbonyl (C=O) groups is 1. The number of ketones is 1. The number of fused-ring (bicyclic) bond motifs is 5. The largest absolute Gasteiger partial charge is 0.393 e. The van der Waals surface area contributed by atoms with Gasteiger partial charge in [-0.05, 0) is 88.5 Å². The van der Waals surface area contributed by atoms with E-state index >= 15 is 0 Å². The third-order valence-electron chi connectivity index (χ3n) is 9.96. The van der Waals surface area contributed by atoms with E-state index in [1.54, 1.807) is 6.92 Å². The Morgan fingerprint density at radius 3 is 2.58 bits per heavy atom. The molecule has 0 bridgehead atoms. The van der Waals surface area contributed by atoms with Crippen LogP contribution in [0.25, 0.3) is 0 Å². The van der Waals surface area contributed by atoms with E-state index in [1.807, 2.05) is 26.8 Å². The van der Waals surface area contributed by atoms with Crippen molar-refractivity contribution < 1.29 is 24.9 Å². The van der Waals surface area contributed by atoms with Crippen LogP contribution < -0.4 is 0 Å². The molecule has 0 amide bonds. The first-order valence-corrected chi connectivity index (χ1v) is 12.1. The summed E-state index contributed by atoms with van der Waals surface area (Å²) in [6.07, 6.45) is 7.49. The third kappa shape index (κ3) is 3.22. The number of carbonyl (C=O) groups excluding carboxylic acids is 1. The first-order valence-electron chi connectivity index (χ1n) is 12.1. The molecule has 174 valence electrons. The van der Waals surface area contributed by atoms with Crippen LogP contribution in [0.5, 0.6) is 0 Å². The predicted octanol–water partition coefficient (Wildman–Crippen LogP) is 3.91. The first kappa shape index (κ1) is 23.2. The molecule has 4 aliphatic carbocycles. The zero-order chi connectivity index (χ0) is 22.8. The lowest BCUT2D eigenvalue weighted by Crippen LogP contribution is -2.67. The Balaban J connectivity index is 1.78. The minimum Gasteiger partial charge on any atom is -0.393 e. The Hall–Kier alpha value is -1.01. The Bertz CT molecular complexity index is 802. The Morgan fingerprint density at radius 1 is 1.23 bits per heavy atom. The number of allylic oxidation sites excluding steroid dienone is 2. The molecule has 4 rings (SSSR count). The van der Waals surface area contributed by atoms with E-state index in [0.717, 1.165) is 24.8 Å². The van der Waals surface area contributed by atoms with Crippen LogP contribution in [0.3, 0.4) is 0 Å². The fourth-order valence-electron chi connectivity index (χ4n) is 7.81. The highest BCUT2D eigenvalue weighted by molar-refractivity contribution is 5.80. The smallest absolute Gasteiger partial charge is 0.177 e. The van der Waals surface area contributed by atoms with E-state index in [2.05, 4.69) is 13.0 Å². The molecule has 3 fully saturated rings. The molecule has 0 heterocycles. The average Bonchev–Trinajstić information content (AvgIpc) is 3.01. The van der Waals surface area contributed by atoms with Crippen molar-refractivity contribution in [3.8, 4) is 0 Å². The van der Waals surface area contributed by atoms with Gasteiger partial charge in [-0.2, -0.15) is 0 Å². The van der Waals surface area contributed by atoms with Gasteiger partial charge in [0.05, 0.1) is 17.8 Å². The van der Waals surface area contributed by atoms with Gasteiger partial charge in [0.15, 0.2) is 6.29 Å². The summed E-state index contributed by atoms with van der Waals surface area (Å²) in [4.78, 5) is 12.7. The van der Waals surface area contributed by atoms with Crippen LogP contribution in [0.15, 0.2) is 23.3 Å². The summed E-state index contributed by atoms with van der Waals surface area (Å²) in [6, 6.07) is 0. The highest BCUT2D eigenvalue weighted by atomic mass is 16.6. The fourth-order valence-corrected chi connectivity index (χ4v) is 7.81. The second-order valence-corrected chi connectivity index (χ2v) is 11.1. The van der Waals surface area contributed by atoms with Gasteiger partial charge in [-0.1, -0.05) is 31.6 Å². The summed E-state index contributed by atoms with van der Waals surface area (Å²) in [7, 11) is 0. The molecule has 3 N–H and O–H groups in total. The maximum atomic E-state index is 12.7. The zero-order valence-electron chi connectivity index (χ0n) is 19.7. The maximum absolute atomic E-state index is 12.7. The van der Waals surface area contributed by atoms with Crippen molar-refractivity contribution in [3.63, 3.8) is 0 Å². The summed E-state index contributed by atoms with van der Waals surface area (Å²) in [6.45, 7) is 9.65. The van der Waals surface area contributed by atoms with Crippen molar-refractivity contribution in [2.45, 2.75) is 104 Å². The van der Waals surface area contributed by atoms with Gasteiger partial charge in [0.1, 0.15) is 5.78 Å². The summed E-state index contributed by atoms with van der Waals surface area (Å²) in [5.41, 5.74) is 0.218. The fraction of sp³-hybridized carbons (Fsp3) is 0.808. The Morgan fingerprint density at radius 2 is 1.94 bits per heavy atom. The van der Waals surface area contributed by atoms with E-state index in [1.165, 1.54) is 5.57 Å². The summed E-state index contributed by atoms with van der Waals surface area (Å²) >= 11 is 0. The molecule has 0 aromatic carbocycles. The van der Waals surface area contributed by atoms with Crippen LogP contribution in [0.2, 0.25) is 0 Å². The van der Waals surface area contributed by atoms with Crippen molar-refractivity contribution in [3.05, 3.63) is 23.3 Å². The number of rotatable bonds is 4. The second-order valence-electron chi connectivity index (χ2n) is 11.1. The van der Waals surface area contributed by atoms with Crippen molar-refractivity contribution in [2.75, 3.05) is 0 Å². The molecule has 3 saturated carbocycles. The molecule has 0 spiro atoms. The third-order valence-corrected chi connectivity index (χ3v) is 9.96. The van der Waals surface area contributed by atoms with E-state index < -0.39 is 23.4 Å². The number of ether oxygens (including phenoxy) is 1. The van der Waals surface area contributed by atoms with Gasteiger partial charge in [-0.15, -0.1) is 0 Å². The van der Waals surface area contributed by atoms with E-state index in [4.69, 9.17) is 4.74 Å². The zero-order valence-corrected chi connectivity index (χ0v) is 19.7. The van der Waals surface area contributed by atoms with Crippen molar-refractivity contribution in [2.24, 2.45) is 28.6 Å². The molecule has 0 aliphatic heterocycles. The number of Topliss-reactive ketones (excluding diaryl/α,β-unsaturated/α-hetero) is 1. The molecule has 9 atom stereocenters. The van der Waals surface area contributed by atoms with Gasteiger partial charge in [0.25, 0.3) is 0 Å². The molecule has 0 aromatic heterocycles. The summed E-state index contributed by atoms with van der Waals surface area (Å²) in [5, 5.41) is 33.3. The minimum atomic E-state index is -1.04. The monoisotopic (exact) mass is 432 g/mol. The van der Waals surface area contributed by atoms with Gasteiger partial charge in [0, 0.05) is 11.3 Å². The molecule has 0 aromatic rings. The van der Waals surface area contributed by atoms with Crippen LogP contribution in [-0.2, 0) is 9.53 Å². The van der Waals surface area contributed by atoms with Crippen molar-refractivity contribution in [1.29, 1.82) is 0 Å². The number of aliphatic hydroxyl groups is 3. The minimum absolute atomic E-state index is 0.0608. The molecule has 0 radical (unpaired) electrons. The van der Waals surface area contributed by atoms with Gasteiger partial charge in [-0.25, -0.2) is 0 Å². The quantitative estimate of drug-likeness (QED) is 0.463. The molecule has 31 heavy (non-hydrogen) atoms. The van der Waals surface area contributed by atoms with Crippen LogP contribution in [0.4, 0.5) is 0 Å². The van der Waals surface area contributed by atoms with E-state index in [-0.39, 0.29) is 35.1 Å². The highest BCUT2D eigenvalue weighted by Crippen LogP contribution is 2.68. The topological polar surface area (TPSA) is 87.0 Å². The highest BCUT2D eigenvalue weighted by Gasteiger charge is 2.71. The Kier molecular flexibility index (Phi) is 5.82. The van der Waals surface area contributed by atoms with Gasteiger partial charge < -0.3 is 20.1 Å². The Labute approximate surface area is 186 Å². The standard InChI is InChI=1S/C26H40O5/c1-6-15(2)23(29)31-22-14-21-20(8-7-17-13-18(28)9-11-24(17,21)4)26(30)12-10-19(16(3)27)25(22,26)5/h6-7,18-23,28-30H,8-14H2,1-5H3/b15-6+/t18-,19+,20?,21?,22+,23?,24-,25-,26-/m0/s1. The molecular formula is C26H40O5. The molecular weight excluding hydrogens is 392 g/mol. The van der Waals surface area contributed by atoms with Gasteiger partial charge in [-0.3, -0.25) is 4.79 Å². The first-order chi connectivity index (χ1) is 14.5. The molecule has 5 heteroatoms. The van der Waals surface area contributed by atoms with Gasteiger partial charge >= 0.3 is 0 Å². The average molecular weight is 433 g/mol. The van der Waals surface area contributed by atoms with Gasteiger partial charge in [0.2, 0.25) is 0 Å². The lowest BCUT2D eigenvalue weighted by Gasteiger charge is -2.63. The molecule has 4 aliphatic rings. The summed E-state index contributed by atoms with van der Waals surface area (Å²) < 4.78 is 6.31. The van der Waals surface area contributed by atoms with Crippen LogP contribution in [-0.4, -0.2) is 45.2 Å². The number of aliphatic hydroxyl groups excluding tert-OH is 2. The van der Waals surface area contributed by atoms with E-state index in [0.29, 0.717) is 25.7 Å². The summed E-state index contributed by atoms with van der Waals surface area (Å²) in [5.74, 6) is 0.0900. The second kappa shape index (κ2) is 7.79. The number of hydrogen-bond donors (Lipinski definition) is 3. The van der Waals surface area contributed by atoms with Crippen molar-refractivity contribution >= 4 is 5.78 Å². The van der Waals surface area contributed by atoms with Crippen LogP contribution in [0, 0.1) is 28.6 Å². The predicted molar refractivity (Wildman–Crippen MR) is 119 cm³/mol. The molecule has 5 nitrogen and oxygen atoms in total. The van der Waals surface area contributed by atoms with Crippen LogP contribution in [0.1, 0.15) is 79.6 Å². The molecule has 3 unspecified atom stereocenters. The molecule has 0 saturated heterocycles. The maximum Gasteiger partial charge on any atom is 0.177 e. The normalized spacial score (nSPS) is 48.3. The van der Waals surface area contributed by atoms with Crippen LogP contribution >= 0.6 is 0 Å². The lowest BCUT2D eigenvalue weighted by atomic mass is 9.45. The lowest BCUT2D eigenvalue weighted by molar-refractivity contribution is -0.261.